The number of ether oxygens (including phenoxy) is 1. The second-order valence-electron chi connectivity index (χ2n) is 6.61. The summed E-state index contributed by atoms with van der Waals surface area (Å²) >= 11 is 0. The topological polar surface area (TPSA) is 75.9 Å². The Bertz CT molecular complexity index is 578. The van der Waals surface area contributed by atoms with Crippen LogP contribution >= 0.6 is 0 Å². The maximum atomic E-state index is 12.6. The average Bonchev–Trinajstić information content (AvgIpc) is 3.06. The molecule has 2 aliphatic heterocycles. The lowest BCUT2D eigenvalue weighted by atomic mass is 9.96. The lowest BCUT2D eigenvalue weighted by Gasteiger charge is -2.34. The maximum absolute atomic E-state index is 12.6. The summed E-state index contributed by atoms with van der Waals surface area (Å²) < 4.78 is 5.53. The van der Waals surface area contributed by atoms with Crippen LogP contribution in [0.4, 0.5) is 0 Å². The Hall–Kier alpha value is -2.08. The average molecular weight is 331 g/mol. The van der Waals surface area contributed by atoms with Crippen LogP contribution in [0, 0.1) is 5.92 Å². The Morgan fingerprint density at radius 1 is 1.08 bits per heavy atom. The summed E-state index contributed by atoms with van der Waals surface area (Å²) in [6, 6.07) is 9.39. The summed E-state index contributed by atoms with van der Waals surface area (Å²) in [5.74, 6) is 0.658. The Balaban J connectivity index is 1.51. The molecule has 0 saturated carbocycles. The smallest absolute Gasteiger partial charge is 0.260 e. The van der Waals surface area contributed by atoms with Gasteiger partial charge in [-0.1, -0.05) is 18.2 Å². The van der Waals surface area contributed by atoms with Crippen LogP contribution in [0.2, 0.25) is 0 Å². The van der Waals surface area contributed by atoms with Crippen molar-refractivity contribution in [3.05, 3.63) is 30.3 Å². The molecule has 1 aromatic rings. The van der Waals surface area contributed by atoms with Crippen LogP contribution in [0.15, 0.2) is 30.3 Å². The predicted octanol–water partition coefficient (Wildman–Crippen LogP) is 0.864. The van der Waals surface area contributed by atoms with Crippen molar-refractivity contribution in [3.63, 3.8) is 0 Å². The molecule has 2 saturated heterocycles. The molecule has 24 heavy (non-hydrogen) atoms. The quantitative estimate of drug-likeness (QED) is 0.888. The molecule has 2 N–H and O–H groups in total. The van der Waals surface area contributed by atoms with E-state index in [4.69, 9.17) is 10.5 Å². The summed E-state index contributed by atoms with van der Waals surface area (Å²) in [5, 5.41) is 0. The van der Waals surface area contributed by atoms with E-state index in [1.54, 1.807) is 4.90 Å². The molecule has 2 heterocycles. The van der Waals surface area contributed by atoms with Gasteiger partial charge >= 0.3 is 0 Å². The second-order valence-corrected chi connectivity index (χ2v) is 6.61. The van der Waals surface area contributed by atoms with Gasteiger partial charge in [-0.05, 0) is 31.4 Å². The number of para-hydroxylation sites is 1. The van der Waals surface area contributed by atoms with E-state index in [1.165, 1.54) is 0 Å². The molecule has 0 aromatic heterocycles. The number of rotatable bonds is 4. The van der Waals surface area contributed by atoms with Crippen LogP contribution in [0.25, 0.3) is 0 Å². The molecule has 1 unspecified atom stereocenters. The third kappa shape index (κ3) is 4.06. The van der Waals surface area contributed by atoms with Gasteiger partial charge in [0.25, 0.3) is 5.91 Å². The highest BCUT2D eigenvalue weighted by Crippen LogP contribution is 2.21. The van der Waals surface area contributed by atoms with Crippen LogP contribution in [0.5, 0.6) is 5.75 Å². The second kappa shape index (κ2) is 7.66. The van der Waals surface area contributed by atoms with Gasteiger partial charge in [-0.15, -0.1) is 0 Å². The van der Waals surface area contributed by atoms with Crippen molar-refractivity contribution in [1.82, 2.24) is 9.80 Å². The van der Waals surface area contributed by atoms with Gasteiger partial charge in [0, 0.05) is 32.2 Å². The molecule has 2 fully saturated rings. The third-order valence-electron chi connectivity index (χ3n) is 4.77. The van der Waals surface area contributed by atoms with Crippen LogP contribution in [-0.4, -0.2) is 60.4 Å². The largest absolute Gasteiger partial charge is 0.484 e. The molecule has 130 valence electrons. The highest BCUT2D eigenvalue weighted by Gasteiger charge is 2.33. The van der Waals surface area contributed by atoms with E-state index in [1.807, 2.05) is 35.2 Å². The number of likely N-dealkylation sites (tertiary alicyclic amines) is 2. The first-order valence-corrected chi connectivity index (χ1v) is 8.63. The molecular weight excluding hydrogens is 306 g/mol. The molecule has 0 spiro atoms. The van der Waals surface area contributed by atoms with E-state index >= 15 is 0 Å². The highest BCUT2D eigenvalue weighted by molar-refractivity contribution is 5.82. The Labute approximate surface area is 142 Å². The van der Waals surface area contributed by atoms with E-state index in [-0.39, 0.29) is 30.4 Å². The predicted molar refractivity (Wildman–Crippen MR) is 90.4 cm³/mol. The van der Waals surface area contributed by atoms with Crippen molar-refractivity contribution in [3.8, 4) is 5.75 Å². The van der Waals surface area contributed by atoms with Crippen molar-refractivity contribution >= 4 is 11.8 Å². The summed E-state index contributed by atoms with van der Waals surface area (Å²) in [5.41, 5.74) is 5.89. The lowest BCUT2D eigenvalue weighted by Crippen LogP contribution is -2.47. The molecule has 2 aliphatic rings. The Morgan fingerprint density at radius 2 is 1.88 bits per heavy atom. The molecule has 0 radical (unpaired) electrons. The van der Waals surface area contributed by atoms with Crippen molar-refractivity contribution in [1.29, 1.82) is 0 Å². The summed E-state index contributed by atoms with van der Waals surface area (Å²) in [6.07, 6.45) is 2.56. The highest BCUT2D eigenvalue weighted by atomic mass is 16.5. The molecular formula is C18H25N3O3. The molecule has 6 nitrogen and oxygen atoms in total. The normalized spacial score (nSPS) is 24.0. The van der Waals surface area contributed by atoms with E-state index in [0.717, 1.165) is 25.8 Å². The Morgan fingerprint density at radius 3 is 2.58 bits per heavy atom. The third-order valence-corrected chi connectivity index (χ3v) is 4.77. The number of piperidine rings is 1. The minimum Gasteiger partial charge on any atom is -0.484 e. The van der Waals surface area contributed by atoms with Gasteiger partial charge < -0.3 is 20.3 Å². The fourth-order valence-electron chi connectivity index (χ4n) is 3.40. The van der Waals surface area contributed by atoms with Gasteiger partial charge in [0.05, 0.1) is 5.92 Å². The molecule has 0 aliphatic carbocycles. The van der Waals surface area contributed by atoms with Crippen molar-refractivity contribution in [2.45, 2.75) is 25.3 Å². The van der Waals surface area contributed by atoms with Crippen LogP contribution < -0.4 is 10.5 Å². The first-order valence-electron chi connectivity index (χ1n) is 8.63. The minimum atomic E-state index is -0.107. The monoisotopic (exact) mass is 331 g/mol. The lowest BCUT2D eigenvalue weighted by molar-refractivity contribution is -0.141. The molecule has 3 rings (SSSR count). The van der Waals surface area contributed by atoms with E-state index in [2.05, 4.69) is 0 Å². The number of benzene rings is 1. The van der Waals surface area contributed by atoms with E-state index in [9.17, 15) is 9.59 Å². The van der Waals surface area contributed by atoms with Gasteiger partial charge in [-0.25, -0.2) is 0 Å². The number of carbonyl (C=O) groups is 2. The summed E-state index contributed by atoms with van der Waals surface area (Å²) in [6.45, 7) is 2.57. The van der Waals surface area contributed by atoms with Crippen LogP contribution in [-0.2, 0) is 9.59 Å². The molecule has 0 bridgehead atoms. The van der Waals surface area contributed by atoms with Crippen molar-refractivity contribution in [2.24, 2.45) is 11.7 Å². The molecule has 1 aromatic carbocycles. The maximum Gasteiger partial charge on any atom is 0.260 e. The van der Waals surface area contributed by atoms with Crippen LogP contribution in [0.1, 0.15) is 19.3 Å². The van der Waals surface area contributed by atoms with Crippen LogP contribution in [0.3, 0.4) is 0 Å². The SMILES string of the molecule is N[C@@H]1CCN(C(=O)C2CCCN(C(=O)COc3ccccc3)C2)C1. The van der Waals surface area contributed by atoms with Crippen molar-refractivity contribution < 1.29 is 14.3 Å². The summed E-state index contributed by atoms with van der Waals surface area (Å²) in [4.78, 5) is 28.6. The number of amides is 2. The van der Waals surface area contributed by atoms with Gasteiger partial charge in [0.15, 0.2) is 6.61 Å². The zero-order valence-corrected chi connectivity index (χ0v) is 13.9. The van der Waals surface area contributed by atoms with Crippen molar-refractivity contribution in [2.75, 3.05) is 32.8 Å². The Kier molecular flexibility index (Phi) is 5.35. The molecule has 6 heteroatoms. The molecule has 2 atom stereocenters. The number of nitrogens with zero attached hydrogens (tertiary/aromatic N) is 2. The fourth-order valence-corrected chi connectivity index (χ4v) is 3.40. The minimum absolute atomic E-state index is 0.0134. The number of carbonyl (C=O) groups excluding carboxylic acids is 2. The standard InChI is InChI=1S/C18H25N3O3/c19-15-8-10-21(12-15)18(23)14-5-4-9-20(11-14)17(22)13-24-16-6-2-1-3-7-16/h1-3,6-7,14-15H,4-5,8-13,19H2/t14?,15-/m1/s1. The first kappa shape index (κ1) is 16.8. The first-order chi connectivity index (χ1) is 11.6. The number of nitrogens with two attached hydrogens (primary N) is 1. The van der Waals surface area contributed by atoms with Gasteiger partial charge in [-0.3, -0.25) is 9.59 Å². The van der Waals surface area contributed by atoms with E-state index < -0.39 is 0 Å². The van der Waals surface area contributed by atoms with Gasteiger partial charge in [0.1, 0.15) is 5.75 Å². The van der Waals surface area contributed by atoms with E-state index in [0.29, 0.717) is 25.4 Å². The summed E-state index contributed by atoms with van der Waals surface area (Å²) in [7, 11) is 0. The zero-order chi connectivity index (χ0) is 16.9. The fraction of sp³-hybridized carbons (Fsp3) is 0.556. The molecule has 2 amide bonds. The van der Waals surface area contributed by atoms with Gasteiger partial charge in [0.2, 0.25) is 5.91 Å². The van der Waals surface area contributed by atoms with Gasteiger partial charge in [-0.2, -0.15) is 0 Å². The number of hydrogen-bond acceptors (Lipinski definition) is 4. The zero-order valence-electron chi connectivity index (χ0n) is 13.9. The number of hydrogen-bond donors (Lipinski definition) is 1.